The summed E-state index contributed by atoms with van der Waals surface area (Å²) in [6.07, 6.45) is 8.16. The van der Waals surface area contributed by atoms with Gasteiger partial charge in [-0.05, 0) is 37.8 Å². The first kappa shape index (κ1) is 29.6. The molecule has 1 fully saturated rings. The first-order valence-electron chi connectivity index (χ1n) is 13.5. The number of carbonyl (C=O) groups excluding carboxylic acids is 2. The van der Waals surface area contributed by atoms with Gasteiger partial charge in [0.1, 0.15) is 0 Å². The van der Waals surface area contributed by atoms with Gasteiger partial charge >= 0.3 is 5.97 Å². The molecule has 7 nitrogen and oxygen atoms in total. The quantitative estimate of drug-likeness (QED) is 0.148. The predicted octanol–water partition coefficient (Wildman–Crippen LogP) is 5.27. The van der Waals surface area contributed by atoms with Crippen LogP contribution in [0, 0.1) is 0 Å². The summed E-state index contributed by atoms with van der Waals surface area (Å²) in [6.45, 7) is 2.91. The SMILES string of the molecule is CCOC(=O)CCCCCCN1C(=O)CCC1/C=C/[C@@H](O)c1cccc(C(OC)(OC)c2ccccc2)c1. The highest BCUT2D eigenvalue weighted by Crippen LogP contribution is 2.35. The normalized spacial score (nSPS) is 16.8. The standard InChI is InChI=1S/C31H41NO6/c1-4-38-30(35)17-10-5-6-11-22-32-27(19-21-29(32)34)18-20-28(33)24-13-12-16-26(23-24)31(36-2,37-3)25-14-8-7-9-15-25/h7-9,12-16,18,20,23,27-28,33H,4-6,10-11,17,19,21-22H2,1-3H3/b20-18+/t27?,28-/m1/s1. The summed E-state index contributed by atoms with van der Waals surface area (Å²) >= 11 is 0. The van der Waals surface area contributed by atoms with Gasteiger partial charge in [0.25, 0.3) is 0 Å². The molecule has 0 radical (unpaired) electrons. The van der Waals surface area contributed by atoms with Crippen molar-refractivity contribution in [1.29, 1.82) is 0 Å². The van der Waals surface area contributed by atoms with Gasteiger partial charge in [0, 0.05) is 44.7 Å². The summed E-state index contributed by atoms with van der Waals surface area (Å²) in [4.78, 5) is 25.8. The van der Waals surface area contributed by atoms with Gasteiger partial charge in [0.05, 0.1) is 18.8 Å². The molecule has 1 amide bonds. The monoisotopic (exact) mass is 523 g/mol. The lowest BCUT2D eigenvalue weighted by Crippen LogP contribution is -2.32. The van der Waals surface area contributed by atoms with Gasteiger partial charge in [-0.3, -0.25) is 9.59 Å². The average molecular weight is 524 g/mol. The molecule has 1 N–H and O–H groups in total. The van der Waals surface area contributed by atoms with E-state index in [-0.39, 0.29) is 17.9 Å². The van der Waals surface area contributed by atoms with E-state index in [1.165, 1.54) is 0 Å². The fourth-order valence-electron chi connectivity index (χ4n) is 5.04. The topological polar surface area (TPSA) is 85.3 Å². The number of amides is 1. The van der Waals surface area contributed by atoms with E-state index >= 15 is 0 Å². The summed E-state index contributed by atoms with van der Waals surface area (Å²) in [5, 5.41) is 11.0. The van der Waals surface area contributed by atoms with Crippen LogP contribution in [0.4, 0.5) is 0 Å². The van der Waals surface area contributed by atoms with Crippen LogP contribution in [0.2, 0.25) is 0 Å². The van der Waals surface area contributed by atoms with Crippen LogP contribution < -0.4 is 0 Å². The molecule has 2 aromatic carbocycles. The molecule has 1 heterocycles. The third kappa shape index (κ3) is 7.53. The van der Waals surface area contributed by atoms with Crippen molar-refractivity contribution in [1.82, 2.24) is 4.90 Å². The number of esters is 1. The van der Waals surface area contributed by atoms with Crippen molar-refractivity contribution >= 4 is 11.9 Å². The van der Waals surface area contributed by atoms with Gasteiger partial charge < -0.3 is 24.2 Å². The summed E-state index contributed by atoms with van der Waals surface area (Å²) in [7, 11) is 3.21. The third-order valence-corrected chi connectivity index (χ3v) is 7.06. The Bertz CT molecular complexity index is 1050. The van der Waals surface area contributed by atoms with Crippen molar-refractivity contribution < 1.29 is 28.9 Å². The minimum absolute atomic E-state index is 0.0266. The van der Waals surface area contributed by atoms with Gasteiger partial charge in [-0.1, -0.05) is 73.5 Å². The lowest BCUT2D eigenvalue weighted by molar-refractivity contribution is -0.183. The van der Waals surface area contributed by atoms with Gasteiger partial charge in [-0.15, -0.1) is 0 Å². The molecule has 0 spiro atoms. The number of carbonyl (C=O) groups is 2. The van der Waals surface area contributed by atoms with Crippen LogP contribution >= 0.6 is 0 Å². The molecule has 2 atom stereocenters. The average Bonchev–Trinajstić information content (AvgIpc) is 3.30. The molecule has 0 saturated carbocycles. The fraction of sp³-hybridized carbons (Fsp3) is 0.484. The van der Waals surface area contributed by atoms with Crippen molar-refractivity contribution in [3.05, 3.63) is 83.4 Å². The number of nitrogens with zero attached hydrogens (tertiary/aromatic N) is 1. The third-order valence-electron chi connectivity index (χ3n) is 7.06. The van der Waals surface area contributed by atoms with E-state index in [0.29, 0.717) is 31.6 Å². The van der Waals surface area contributed by atoms with Crippen molar-refractivity contribution in [2.45, 2.75) is 69.8 Å². The number of benzene rings is 2. The van der Waals surface area contributed by atoms with Crippen molar-refractivity contribution in [3.63, 3.8) is 0 Å². The van der Waals surface area contributed by atoms with Gasteiger partial charge in [0.15, 0.2) is 0 Å². The van der Waals surface area contributed by atoms with E-state index in [4.69, 9.17) is 14.2 Å². The molecular formula is C31H41NO6. The Labute approximate surface area is 226 Å². The maximum Gasteiger partial charge on any atom is 0.305 e. The number of unbranched alkanes of at least 4 members (excludes halogenated alkanes) is 3. The Morgan fingerprint density at radius 3 is 2.47 bits per heavy atom. The van der Waals surface area contributed by atoms with Crippen LogP contribution in [0.1, 0.15) is 74.7 Å². The Balaban J connectivity index is 1.60. The molecule has 7 heteroatoms. The second-order valence-electron chi connectivity index (χ2n) is 9.51. The van der Waals surface area contributed by atoms with Crippen LogP contribution in [0.5, 0.6) is 0 Å². The van der Waals surface area contributed by atoms with Crippen LogP contribution in [-0.2, 0) is 29.6 Å². The maximum atomic E-state index is 12.5. The number of aliphatic hydroxyl groups excluding tert-OH is 1. The van der Waals surface area contributed by atoms with E-state index in [9.17, 15) is 14.7 Å². The molecule has 0 aromatic heterocycles. The largest absolute Gasteiger partial charge is 0.466 e. The Morgan fingerprint density at radius 2 is 1.76 bits per heavy atom. The molecule has 38 heavy (non-hydrogen) atoms. The van der Waals surface area contributed by atoms with Crippen molar-refractivity contribution in [2.75, 3.05) is 27.4 Å². The fourth-order valence-corrected chi connectivity index (χ4v) is 5.04. The summed E-state index contributed by atoms with van der Waals surface area (Å²) in [6, 6.07) is 17.2. The number of ether oxygens (including phenoxy) is 3. The van der Waals surface area contributed by atoms with E-state index in [1.54, 1.807) is 20.3 Å². The molecule has 2 aromatic rings. The highest BCUT2D eigenvalue weighted by molar-refractivity contribution is 5.79. The number of rotatable bonds is 15. The zero-order chi connectivity index (χ0) is 27.4. The second kappa shape index (κ2) is 14.8. The first-order valence-corrected chi connectivity index (χ1v) is 13.5. The van der Waals surface area contributed by atoms with Crippen molar-refractivity contribution in [3.8, 4) is 0 Å². The van der Waals surface area contributed by atoms with Crippen LogP contribution in [0.25, 0.3) is 0 Å². The van der Waals surface area contributed by atoms with E-state index in [0.717, 1.165) is 43.2 Å². The number of likely N-dealkylation sites (tertiary alicyclic amines) is 1. The lowest BCUT2D eigenvalue weighted by atomic mass is 9.94. The van der Waals surface area contributed by atoms with E-state index < -0.39 is 11.9 Å². The van der Waals surface area contributed by atoms with Crippen LogP contribution in [0.3, 0.4) is 0 Å². The number of aliphatic hydroxyl groups is 1. The molecule has 1 aliphatic rings. The Hall–Kier alpha value is -3.00. The van der Waals surface area contributed by atoms with Gasteiger partial charge in [-0.25, -0.2) is 0 Å². The van der Waals surface area contributed by atoms with E-state index in [1.807, 2.05) is 72.5 Å². The zero-order valence-corrected chi connectivity index (χ0v) is 22.8. The first-order chi connectivity index (χ1) is 18.4. The maximum absolute atomic E-state index is 12.5. The minimum atomic E-state index is -1.09. The zero-order valence-electron chi connectivity index (χ0n) is 22.8. The minimum Gasteiger partial charge on any atom is -0.466 e. The van der Waals surface area contributed by atoms with E-state index in [2.05, 4.69) is 0 Å². The smallest absolute Gasteiger partial charge is 0.305 e. The summed E-state index contributed by atoms with van der Waals surface area (Å²) < 4.78 is 16.7. The number of hydrogen-bond acceptors (Lipinski definition) is 6. The number of hydrogen-bond donors (Lipinski definition) is 1. The molecule has 0 aliphatic carbocycles. The van der Waals surface area contributed by atoms with Crippen LogP contribution in [-0.4, -0.2) is 55.3 Å². The van der Waals surface area contributed by atoms with Crippen LogP contribution in [0.15, 0.2) is 66.7 Å². The van der Waals surface area contributed by atoms with Gasteiger partial charge in [-0.2, -0.15) is 0 Å². The molecule has 1 saturated heterocycles. The summed E-state index contributed by atoms with van der Waals surface area (Å²) in [5.41, 5.74) is 2.35. The molecule has 1 unspecified atom stereocenters. The van der Waals surface area contributed by atoms with Crippen molar-refractivity contribution in [2.24, 2.45) is 0 Å². The predicted molar refractivity (Wildman–Crippen MR) is 146 cm³/mol. The lowest BCUT2D eigenvalue weighted by Gasteiger charge is -2.32. The molecular weight excluding hydrogens is 482 g/mol. The molecule has 0 bridgehead atoms. The second-order valence-corrected chi connectivity index (χ2v) is 9.51. The molecule has 206 valence electrons. The number of methoxy groups -OCH3 is 2. The summed E-state index contributed by atoms with van der Waals surface area (Å²) in [5.74, 6) is -1.09. The van der Waals surface area contributed by atoms with Gasteiger partial charge in [0.2, 0.25) is 11.7 Å². The molecule has 3 rings (SSSR count). The highest BCUT2D eigenvalue weighted by Gasteiger charge is 2.35. The highest BCUT2D eigenvalue weighted by atomic mass is 16.7. The Morgan fingerprint density at radius 1 is 1.05 bits per heavy atom. The molecule has 1 aliphatic heterocycles. The Kier molecular flexibility index (Phi) is 11.5.